The quantitative estimate of drug-likeness (QED) is 0.599. The van der Waals surface area contributed by atoms with Crippen molar-refractivity contribution in [1.29, 1.82) is 0 Å². The molecule has 4 aromatic rings. The zero-order valence-corrected chi connectivity index (χ0v) is 15.0. The summed E-state index contributed by atoms with van der Waals surface area (Å²) >= 11 is 0. The fraction of sp³-hybridized carbons (Fsp3) is 0.0952. The van der Waals surface area contributed by atoms with Crippen molar-refractivity contribution < 1.29 is 9.53 Å². The zero-order valence-electron chi connectivity index (χ0n) is 15.0. The molecule has 0 aliphatic carbocycles. The largest absolute Gasteiger partial charge is 0.497 e. The molecule has 0 bridgehead atoms. The average Bonchev–Trinajstić information content (AvgIpc) is 3.10. The fourth-order valence-electron chi connectivity index (χ4n) is 3.02. The van der Waals surface area contributed by atoms with Crippen molar-refractivity contribution in [1.82, 2.24) is 14.4 Å². The Hall–Kier alpha value is -3.67. The number of imidazole rings is 1. The van der Waals surface area contributed by atoms with Crippen LogP contribution in [0.1, 0.15) is 15.9 Å². The molecule has 1 amide bonds. The van der Waals surface area contributed by atoms with Crippen LogP contribution in [0.4, 0.5) is 5.82 Å². The summed E-state index contributed by atoms with van der Waals surface area (Å²) in [7, 11) is 1.61. The minimum Gasteiger partial charge on any atom is -0.497 e. The van der Waals surface area contributed by atoms with Gasteiger partial charge in [-0.1, -0.05) is 24.3 Å². The molecule has 1 N–H and O–H groups in total. The summed E-state index contributed by atoms with van der Waals surface area (Å²) in [6, 6.07) is 15.2. The van der Waals surface area contributed by atoms with Crippen molar-refractivity contribution in [2.75, 3.05) is 12.4 Å². The third kappa shape index (κ3) is 3.25. The normalized spacial score (nSPS) is 10.7. The molecule has 0 fully saturated rings. The lowest BCUT2D eigenvalue weighted by Crippen LogP contribution is -2.13. The Morgan fingerprint density at radius 2 is 1.96 bits per heavy atom. The predicted molar refractivity (Wildman–Crippen MR) is 104 cm³/mol. The molecule has 0 unspecified atom stereocenters. The first-order chi connectivity index (χ1) is 13.2. The highest BCUT2D eigenvalue weighted by Crippen LogP contribution is 2.31. The molecule has 2 aromatic carbocycles. The second-order valence-corrected chi connectivity index (χ2v) is 6.13. The average molecular weight is 358 g/mol. The van der Waals surface area contributed by atoms with Gasteiger partial charge in [-0.3, -0.25) is 9.20 Å². The van der Waals surface area contributed by atoms with Gasteiger partial charge in [0.05, 0.1) is 13.3 Å². The first-order valence-electron chi connectivity index (χ1n) is 8.51. The highest BCUT2D eigenvalue weighted by molar-refractivity contribution is 6.08. The molecule has 0 aliphatic heterocycles. The van der Waals surface area contributed by atoms with Crippen molar-refractivity contribution in [3.8, 4) is 16.9 Å². The van der Waals surface area contributed by atoms with Crippen LogP contribution in [0.2, 0.25) is 0 Å². The number of benzene rings is 2. The number of anilines is 1. The van der Waals surface area contributed by atoms with Crippen molar-refractivity contribution in [3.63, 3.8) is 0 Å². The second-order valence-electron chi connectivity index (χ2n) is 6.13. The molecule has 4 rings (SSSR count). The predicted octanol–water partition coefficient (Wildman–Crippen LogP) is 3.97. The van der Waals surface area contributed by atoms with E-state index in [1.54, 1.807) is 42.1 Å². The van der Waals surface area contributed by atoms with Gasteiger partial charge in [-0.25, -0.2) is 4.98 Å². The van der Waals surface area contributed by atoms with Gasteiger partial charge < -0.3 is 10.1 Å². The van der Waals surface area contributed by atoms with E-state index in [1.807, 2.05) is 43.5 Å². The van der Waals surface area contributed by atoms with Gasteiger partial charge in [0.2, 0.25) is 5.78 Å². The number of carbonyl (C=O) groups excluding carboxylic acids is 1. The molecular weight excluding hydrogens is 340 g/mol. The number of aromatic nitrogens is 3. The van der Waals surface area contributed by atoms with E-state index < -0.39 is 0 Å². The molecule has 0 radical (unpaired) electrons. The molecule has 2 heterocycles. The topological polar surface area (TPSA) is 68.5 Å². The Kier molecular flexibility index (Phi) is 4.30. The third-order valence-electron chi connectivity index (χ3n) is 4.38. The number of hydrogen-bond acceptors (Lipinski definition) is 4. The van der Waals surface area contributed by atoms with E-state index in [2.05, 4.69) is 15.3 Å². The van der Waals surface area contributed by atoms with Crippen molar-refractivity contribution in [2.24, 2.45) is 0 Å². The highest BCUT2D eigenvalue weighted by Gasteiger charge is 2.16. The molecule has 134 valence electrons. The molecule has 0 saturated carbocycles. The number of methoxy groups -OCH3 is 1. The standard InChI is InChI=1S/C21H18N4O2/c1-14-6-3-4-7-16(14)18-12-15(27-2)8-9-17(18)20(26)23-19-13-25-11-5-10-22-21(25)24-19/h3-13H,1-2H3,(H,23,26). The number of aryl methyl sites for hydroxylation is 1. The minimum absolute atomic E-state index is 0.237. The van der Waals surface area contributed by atoms with Crippen LogP contribution in [0.15, 0.2) is 67.1 Å². The fourth-order valence-corrected chi connectivity index (χ4v) is 3.02. The van der Waals surface area contributed by atoms with Gasteiger partial charge >= 0.3 is 0 Å². The smallest absolute Gasteiger partial charge is 0.257 e. The van der Waals surface area contributed by atoms with Gasteiger partial charge in [0, 0.05) is 18.0 Å². The molecule has 6 heteroatoms. The maximum absolute atomic E-state index is 13.0. The number of nitrogens with zero attached hydrogens (tertiary/aromatic N) is 3. The van der Waals surface area contributed by atoms with Gasteiger partial charge in [0.15, 0.2) is 5.82 Å². The van der Waals surface area contributed by atoms with E-state index in [0.29, 0.717) is 22.9 Å². The number of hydrogen-bond donors (Lipinski definition) is 1. The second kappa shape index (κ2) is 6.92. The molecular formula is C21H18N4O2. The van der Waals surface area contributed by atoms with Crippen LogP contribution in [0.25, 0.3) is 16.9 Å². The molecule has 27 heavy (non-hydrogen) atoms. The van der Waals surface area contributed by atoms with Gasteiger partial charge in [-0.05, 0) is 47.9 Å². The van der Waals surface area contributed by atoms with Crippen molar-refractivity contribution >= 4 is 17.5 Å². The maximum atomic E-state index is 13.0. The van der Waals surface area contributed by atoms with Crippen LogP contribution in [-0.4, -0.2) is 27.4 Å². The van der Waals surface area contributed by atoms with Gasteiger partial charge in [-0.15, -0.1) is 0 Å². The first-order valence-corrected chi connectivity index (χ1v) is 8.51. The lowest BCUT2D eigenvalue weighted by molar-refractivity contribution is 0.102. The minimum atomic E-state index is -0.237. The van der Waals surface area contributed by atoms with Crippen LogP contribution < -0.4 is 10.1 Å². The SMILES string of the molecule is COc1ccc(C(=O)Nc2cn3cccnc3n2)c(-c2ccccc2C)c1. The summed E-state index contributed by atoms with van der Waals surface area (Å²) in [6.45, 7) is 2.02. The van der Waals surface area contributed by atoms with Crippen LogP contribution in [-0.2, 0) is 0 Å². The number of nitrogens with one attached hydrogen (secondary N) is 1. The Labute approximate surface area is 156 Å². The molecule has 2 aromatic heterocycles. The third-order valence-corrected chi connectivity index (χ3v) is 4.38. The van der Waals surface area contributed by atoms with Crippen LogP contribution in [0.5, 0.6) is 5.75 Å². The molecule has 0 spiro atoms. The van der Waals surface area contributed by atoms with Gasteiger partial charge in [-0.2, -0.15) is 4.98 Å². The van der Waals surface area contributed by atoms with E-state index in [1.165, 1.54) is 0 Å². The van der Waals surface area contributed by atoms with E-state index >= 15 is 0 Å². The number of fused-ring (bicyclic) bond motifs is 1. The van der Waals surface area contributed by atoms with Crippen molar-refractivity contribution in [2.45, 2.75) is 6.92 Å². The number of ether oxygens (including phenoxy) is 1. The number of carbonyl (C=O) groups is 1. The van der Waals surface area contributed by atoms with E-state index in [-0.39, 0.29) is 5.91 Å². The number of rotatable bonds is 4. The van der Waals surface area contributed by atoms with Gasteiger partial charge in [0.25, 0.3) is 5.91 Å². The Balaban J connectivity index is 1.74. The Morgan fingerprint density at radius 1 is 1.11 bits per heavy atom. The van der Waals surface area contributed by atoms with E-state index in [9.17, 15) is 4.79 Å². The Morgan fingerprint density at radius 3 is 2.74 bits per heavy atom. The highest BCUT2D eigenvalue weighted by atomic mass is 16.5. The Bertz CT molecular complexity index is 1100. The lowest BCUT2D eigenvalue weighted by Gasteiger charge is -2.13. The van der Waals surface area contributed by atoms with Crippen molar-refractivity contribution in [3.05, 3.63) is 78.2 Å². The summed E-state index contributed by atoms with van der Waals surface area (Å²) in [6.07, 6.45) is 5.22. The summed E-state index contributed by atoms with van der Waals surface area (Å²) < 4.78 is 7.11. The monoisotopic (exact) mass is 358 g/mol. The number of amides is 1. The van der Waals surface area contributed by atoms with Crippen LogP contribution in [0, 0.1) is 6.92 Å². The summed E-state index contributed by atoms with van der Waals surface area (Å²) in [5.74, 6) is 1.44. The molecule has 0 aliphatic rings. The lowest BCUT2D eigenvalue weighted by atomic mass is 9.95. The van der Waals surface area contributed by atoms with E-state index in [0.717, 1.165) is 16.7 Å². The maximum Gasteiger partial charge on any atom is 0.257 e. The first kappa shape index (κ1) is 16.8. The van der Waals surface area contributed by atoms with E-state index in [4.69, 9.17) is 4.74 Å². The molecule has 0 saturated heterocycles. The molecule has 0 atom stereocenters. The molecule has 6 nitrogen and oxygen atoms in total. The summed E-state index contributed by atoms with van der Waals surface area (Å²) in [5, 5.41) is 2.86. The zero-order chi connectivity index (χ0) is 18.8. The summed E-state index contributed by atoms with van der Waals surface area (Å²) in [5.41, 5.74) is 3.43. The summed E-state index contributed by atoms with van der Waals surface area (Å²) in [4.78, 5) is 21.5. The van der Waals surface area contributed by atoms with Gasteiger partial charge in [0.1, 0.15) is 5.75 Å². The van der Waals surface area contributed by atoms with Crippen LogP contribution >= 0.6 is 0 Å². The van der Waals surface area contributed by atoms with Crippen LogP contribution in [0.3, 0.4) is 0 Å².